The molecule has 20 heavy (non-hydrogen) atoms. The van der Waals surface area contributed by atoms with E-state index in [9.17, 15) is 9.90 Å². The monoisotopic (exact) mass is 277 g/mol. The van der Waals surface area contributed by atoms with Crippen molar-refractivity contribution in [1.82, 2.24) is 9.88 Å². The summed E-state index contributed by atoms with van der Waals surface area (Å²) in [7, 11) is 3.56. The molecule has 0 aromatic carbocycles. The summed E-state index contributed by atoms with van der Waals surface area (Å²) in [6, 6.07) is 3.46. The molecule has 1 aromatic rings. The van der Waals surface area contributed by atoms with Gasteiger partial charge in [-0.3, -0.25) is 4.79 Å². The molecular weight excluding hydrogens is 254 g/mol. The van der Waals surface area contributed by atoms with Crippen molar-refractivity contribution in [3.05, 3.63) is 23.4 Å². The van der Waals surface area contributed by atoms with Gasteiger partial charge < -0.3 is 15.3 Å². The second kappa shape index (κ2) is 6.22. The molecule has 2 rings (SSSR count). The molecule has 2 N–H and O–H groups in total. The number of pyridine rings is 1. The van der Waals surface area contributed by atoms with Crippen molar-refractivity contribution in [2.75, 3.05) is 19.4 Å². The molecule has 110 valence electrons. The van der Waals surface area contributed by atoms with Crippen LogP contribution in [-0.2, 0) is 0 Å². The molecule has 5 heteroatoms. The van der Waals surface area contributed by atoms with Crippen LogP contribution in [0.25, 0.3) is 0 Å². The van der Waals surface area contributed by atoms with Gasteiger partial charge in [0.1, 0.15) is 5.82 Å². The molecule has 0 spiro atoms. The number of nitrogens with one attached hydrogen (secondary N) is 1. The number of hydrogen-bond acceptors (Lipinski definition) is 4. The number of aromatic nitrogens is 1. The van der Waals surface area contributed by atoms with Gasteiger partial charge >= 0.3 is 0 Å². The van der Waals surface area contributed by atoms with Crippen LogP contribution in [0.3, 0.4) is 0 Å². The molecule has 5 nitrogen and oxygen atoms in total. The van der Waals surface area contributed by atoms with Crippen molar-refractivity contribution in [2.45, 2.75) is 44.8 Å². The van der Waals surface area contributed by atoms with Crippen LogP contribution in [0, 0.1) is 6.92 Å². The molecule has 0 aliphatic heterocycles. The minimum absolute atomic E-state index is 0.0575. The fraction of sp³-hybridized carbons (Fsp3) is 0.600. The van der Waals surface area contributed by atoms with E-state index in [0.29, 0.717) is 11.4 Å². The third kappa shape index (κ3) is 3.10. The third-order valence-corrected chi connectivity index (χ3v) is 3.97. The number of carbonyl (C=O) groups is 1. The summed E-state index contributed by atoms with van der Waals surface area (Å²) >= 11 is 0. The van der Waals surface area contributed by atoms with Crippen molar-refractivity contribution in [2.24, 2.45) is 0 Å². The van der Waals surface area contributed by atoms with Crippen molar-refractivity contribution in [3.8, 4) is 0 Å². The first-order valence-electron chi connectivity index (χ1n) is 7.14. The predicted molar refractivity (Wildman–Crippen MR) is 78.9 cm³/mol. The standard InChI is InChI=1S/C15H23N3O2/c1-10-8-11(9-14(16-2)17-10)15(20)18(3)12-6-4-5-7-13(12)19/h8-9,12-13,19H,4-7H2,1-3H3,(H,16,17). The first-order chi connectivity index (χ1) is 9.52. The number of aryl methyl sites for hydroxylation is 1. The Kier molecular flexibility index (Phi) is 4.60. The molecule has 1 aromatic heterocycles. The maximum Gasteiger partial charge on any atom is 0.254 e. The van der Waals surface area contributed by atoms with Crippen LogP contribution in [-0.4, -0.2) is 47.1 Å². The van der Waals surface area contributed by atoms with Crippen molar-refractivity contribution in [3.63, 3.8) is 0 Å². The van der Waals surface area contributed by atoms with E-state index in [1.54, 1.807) is 31.1 Å². The Morgan fingerprint density at radius 3 is 2.75 bits per heavy atom. The summed E-state index contributed by atoms with van der Waals surface area (Å²) in [6.07, 6.45) is 3.34. The van der Waals surface area contributed by atoms with Crippen molar-refractivity contribution in [1.29, 1.82) is 0 Å². The van der Waals surface area contributed by atoms with Gasteiger partial charge in [0.25, 0.3) is 5.91 Å². The maximum atomic E-state index is 12.6. The number of anilines is 1. The number of aliphatic hydroxyl groups is 1. The average Bonchev–Trinajstić information content (AvgIpc) is 2.45. The van der Waals surface area contributed by atoms with Crippen LogP contribution in [0.1, 0.15) is 41.7 Å². The number of aliphatic hydroxyl groups excluding tert-OH is 1. The lowest BCUT2D eigenvalue weighted by Gasteiger charge is -2.35. The first-order valence-corrected chi connectivity index (χ1v) is 7.14. The normalized spacial score (nSPS) is 22.4. The lowest BCUT2D eigenvalue weighted by molar-refractivity contribution is 0.0268. The molecule has 0 bridgehead atoms. The maximum absolute atomic E-state index is 12.6. The quantitative estimate of drug-likeness (QED) is 0.884. The predicted octanol–water partition coefficient (Wildman–Crippen LogP) is 1.81. The summed E-state index contributed by atoms with van der Waals surface area (Å²) in [5, 5.41) is 13.0. The van der Waals surface area contributed by atoms with Crippen LogP contribution < -0.4 is 5.32 Å². The van der Waals surface area contributed by atoms with Crippen molar-refractivity contribution >= 4 is 11.7 Å². The molecule has 1 fully saturated rings. The Morgan fingerprint density at radius 2 is 2.10 bits per heavy atom. The van der Waals surface area contributed by atoms with Crippen molar-refractivity contribution < 1.29 is 9.90 Å². The van der Waals surface area contributed by atoms with E-state index in [1.165, 1.54) is 0 Å². The van der Waals surface area contributed by atoms with Gasteiger partial charge in [0.15, 0.2) is 0 Å². The Balaban J connectivity index is 2.19. The zero-order valence-corrected chi connectivity index (χ0v) is 12.4. The highest BCUT2D eigenvalue weighted by Crippen LogP contribution is 2.24. The largest absolute Gasteiger partial charge is 0.391 e. The van der Waals surface area contributed by atoms with E-state index in [-0.39, 0.29) is 11.9 Å². The fourth-order valence-corrected chi connectivity index (χ4v) is 2.82. The van der Waals surface area contributed by atoms with E-state index in [2.05, 4.69) is 10.3 Å². The minimum atomic E-state index is -0.413. The summed E-state index contributed by atoms with van der Waals surface area (Å²) in [5.74, 6) is 0.629. The lowest BCUT2D eigenvalue weighted by Crippen LogP contribution is -2.46. The molecule has 0 radical (unpaired) electrons. The molecule has 1 aliphatic carbocycles. The molecule has 1 aliphatic rings. The molecule has 1 heterocycles. The number of carbonyl (C=O) groups excluding carboxylic acids is 1. The van der Waals surface area contributed by atoms with Crippen LogP contribution in [0.2, 0.25) is 0 Å². The van der Waals surface area contributed by atoms with Crippen LogP contribution >= 0.6 is 0 Å². The Bertz CT molecular complexity index is 490. The SMILES string of the molecule is CNc1cc(C(=O)N(C)C2CCCCC2O)cc(C)n1. The van der Waals surface area contributed by atoms with Gasteiger partial charge in [-0.25, -0.2) is 4.98 Å². The summed E-state index contributed by atoms with van der Waals surface area (Å²) < 4.78 is 0. The molecule has 0 saturated heterocycles. The van der Waals surface area contributed by atoms with Gasteiger partial charge in [-0.1, -0.05) is 12.8 Å². The van der Waals surface area contributed by atoms with E-state index in [0.717, 1.165) is 31.4 Å². The fourth-order valence-electron chi connectivity index (χ4n) is 2.82. The molecule has 2 unspecified atom stereocenters. The summed E-state index contributed by atoms with van der Waals surface area (Å²) in [6.45, 7) is 1.87. The number of amides is 1. The Labute approximate surface area is 120 Å². The second-order valence-corrected chi connectivity index (χ2v) is 5.47. The highest BCUT2D eigenvalue weighted by Gasteiger charge is 2.30. The van der Waals surface area contributed by atoms with Crippen LogP contribution in [0.4, 0.5) is 5.82 Å². The van der Waals surface area contributed by atoms with E-state index < -0.39 is 6.10 Å². The molecule has 2 atom stereocenters. The van der Waals surface area contributed by atoms with E-state index >= 15 is 0 Å². The molecule has 1 amide bonds. The van der Waals surface area contributed by atoms with Gasteiger partial charge in [0.2, 0.25) is 0 Å². The van der Waals surface area contributed by atoms with Gasteiger partial charge in [0, 0.05) is 25.4 Å². The van der Waals surface area contributed by atoms with Gasteiger partial charge in [-0.15, -0.1) is 0 Å². The first kappa shape index (κ1) is 14.8. The lowest BCUT2D eigenvalue weighted by atomic mass is 9.91. The minimum Gasteiger partial charge on any atom is -0.391 e. The van der Waals surface area contributed by atoms with Gasteiger partial charge in [-0.2, -0.15) is 0 Å². The second-order valence-electron chi connectivity index (χ2n) is 5.47. The highest BCUT2D eigenvalue weighted by molar-refractivity contribution is 5.95. The van der Waals surface area contributed by atoms with E-state index in [1.807, 2.05) is 6.92 Å². The Hall–Kier alpha value is -1.62. The molecular formula is C15H23N3O2. The van der Waals surface area contributed by atoms with Crippen LogP contribution in [0.15, 0.2) is 12.1 Å². The average molecular weight is 277 g/mol. The Morgan fingerprint density at radius 1 is 1.40 bits per heavy atom. The topological polar surface area (TPSA) is 65.5 Å². The van der Waals surface area contributed by atoms with E-state index in [4.69, 9.17) is 0 Å². The van der Waals surface area contributed by atoms with Gasteiger partial charge in [0.05, 0.1) is 12.1 Å². The summed E-state index contributed by atoms with van der Waals surface area (Å²) in [5.41, 5.74) is 1.42. The number of hydrogen-bond donors (Lipinski definition) is 2. The third-order valence-electron chi connectivity index (χ3n) is 3.97. The summed E-state index contributed by atoms with van der Waals surface area (Å²) in [4.78, 5) is 18.5. The number of nitrogens with zero attached hydrogens (tertiary/aromatic N) is 2. The molecule has 1 saturated carbocycles. The number of rotatable bonds is 3. The zero-order valence-electron chi connectivity index (χ0n) is 12.4. The highest BCUT2D eigenvalue weighted by atomic mass is 16.3. The number of likely N-dealkylation sites (N-methyl/N-ethyl adjacent to an activating group) is 1. The van der Waals surface area contributed by atoms with Crippen LogP contribution in [0.5, 0.6) is 0 Å². The van der Waals surface area contributed by atoms with Gasteiger partial charge in [-0.05, 0) is 31.9 Å². The zero-order chi connectivity index (χ0) is 14.7. The smallest absolute Gasteiger partial charge is 0.254 e.